The third-order valence-corrected chi connectivity index (χ3v) is 10.9. The van der Waals surface area contributed by atoms with Crippen LogP contribution in [0, 0.1) is 0 Å². The molecule has 0 aliphatic carbocycles. The number of hydrogen-bond donors (Lipinski definition) is 1. The van der Waals surface area contributed by atoms with Crippen LogP contribution in [0.15, 0.2) is 180 Å². The number of phenolic OH excluding ortho intramolecular Hbond substituents is 1. The van der Waals surface area contributed by atoms with Crippen molar-refractivity contribution in [3.8, 4) is 67.5 Å². The predicted molar refractivity (Wildman–Crippen MR) is 234 cm³/mol. The Hall–Kier alpha value is -7.24. The second-order valence-electron chi connectivity index (χ2n) is 15.7. The highest BCUT2D eigenvalue weighted by molar-refractivity contribution is 6.07. The van der Waals surface area contributed by atoms with Crippen LogP contribution in [0.5, 0.6) is 5.75 Å². The first kappa shape index (κ1) is 34.3. The molecule has 0 unspecified atom stereocenters. The number of pyridine rings is 1. The van der Waals surface area contributed by atoms with Crippen molar-refractivity contribution in [3.05, 3.63) is 182 Å². The van der Waals surface area contributed by atoms with E-state index in [-0.39, 0.29) is 11.2 Å². The van der Waals surface area contributed by atoms with Gasteiger partial charge in [0, 0.05) is 33.8 Å². The fraction of sp³-hybridized carbons (Fsp3) is 0.0769. The molecule has 0 saturated heterocycles. The zero-order valence-electron chi connectivity index (χ0n) is 31.9. The molecular formula is C52H39N3O2. The van der Waals surface area contributed by atoms with Crippen LogP contribution < -0.4 is 0 Å². The molecule has 10 aromatic rings. The van der Waals surface area contributed by atoms with Crippen molar-refractivity contribution in [1.82, 2.24) is 14.5 Å². The van der Waals surface area contributed by atoms with E-state index in [0.29, 0.717) is 17.0 Å². The molecule has 5 heteroatoms. The number of phenols is 1. The summed E-state index contributed by atoms with van der Waals surface area (Å²) in [5, 5.41) is 13.5. The molecule has 0 amide bonds. The van der Waals surface area contributed by atoms with E-state index < -0.39 is 0 Å². The van der Waals surface area contributed by atoms with Crippen LogP contribution in [0.25, 0.3) is 94.7 Å². The highest BCUT2D eigenvalue weighted by Crippen LogP contribution is 2.42. The molecule has 0 atom stereocenters. The third kappa shape index (κ3) is 6.14. The van der Waals surface area contributed by atoms with Gasteiger partial charge >= 0.3 is 0 Å². The van der Waals surface area contributed by atoms with Gasteiger partial charge in [-0.25, -0.2) is 4.98 Å². The molecule has 0 radical (unpaired) electrons. The van der Waals surface area contributed by atoms with Gasteiger partial charge in [0.1, 0.15) is 22.7 Å². The molecule has 274 valence electrons. The first-order chi connectivity index (χ1) is 27.8. The van der Waals surface area contributed by atoms with Crippen molar-refractivity contribution in [2.45, 2.75) is 26.2 Å². The van der Waals surface area contributed by atoms with Gasteiger partial charge in [0.2, 0.25) is 0 Å². The van der Waals surface area contributed by atoms with Gasteiger partial charge in [0.25, 0.3) is 0 Å². The normalized spacial score (nSPS) is 11.8. The standard InChI is InChI=1S/C52H39N3O2/c1-52(2,3)39-28-37(27-38(29-39)45-30-36(25-26-53-45)35-23-21-34(22-24-35)33-13-6-4-7-14-33)41-18-12-19-46-50(41)54-51(55(46)40-15-8-5-9-16-40)44-32-49-43(31-47(44)56)42-17-10-11-20-48(42)57-49/h4-32,56H,1-3H3. The van der Waals surface area contributed by atoms with E-state index in [9.17, 15) is 5.11 Å². The van der Waals surface area contributed by atoms with Crippen LogP contribution in [0.4, 0.5) is 0 Å². The first-order valence-corrected chi connectivity index (χ1v) is 19.3. The molecule has 0 fully saturated rings. The maximum atomic E-state index is 11.7. The Morgan fingerprint density at radius 1 is 0.526 bits per heavy atom. The van der Waals surface area contributed by atoms with Gasteiger partial charge in [0.15, 0.2) is 0 Å². The second kappa shape index (κ2) is 13.5. The van der Waals surface area contributed by atoms with Crippen molar-refractivity contribution in [2.24, 2.45) is 0 Å². The molecule has 10 rings (SSSR count). The summed E-state index contributed by atoms with van der Waals surface area (Å²) in [6, 6.07) is 58.4. The van der Waals surface area contributed by atoms with Gasteiger partial charge in [-0.2, -0.15) is 0 Å². The quantitative estimate of drug-likeness (QED) is 0.185. The Kier molecular flexibility index (Phi) is 8.12. The maximum Gasteiger partial charge on any atom is 0.149 e. The highest BCUT2D eigenvalue weighted by Gasteiger charge is 2.23. The highest BCUT2D eigenvalue weighted by atomic mass is 16.3. The molecule has 0 bridgehead atoms. The van der Waals surface area contributed by atoms with E-state index in [1.54, 1.807) is 6.07 Å². The molecule has 0 aliphatic rings. The number of aromatic nitrogens is 3. The largest absolute Gasteiger partial charge is 0.507 e. The fourth-order valence-electron chi connectivity index (χ4n) is 7.91. The zero-order valence-corrected chi connectivity index (χ0v) is 31.9. The van der Waals surface area contributed by atoms with E-state index in [0.717, 1.165) is 66.6 Å². The molecular weight excluding hydrogens is 699 g/mol. The van der Waals surface area contributed by atoms with Gasteiger partial charge in [0.05, 0.1) is 22.3 Å². The smallest absolute Gasteiger partial charge is 0.149 e. The SMILES string of the molecule is CC(C)(C)c1cc(-c2cc(-c3ccc(-c4ccccc4)cc3)ccn2)cc(-c2cccc3c2nc(-c2cc4oc5ccccc5c4cc2O)n3-c2ccccc2)c1. The first-order valence-electron chi connectivity index (χ1n) is 19.3. The Morgan fingerprint density at radius 3 is 1.98 bits per heavy atom. The number of rotatable bonds is 6. The Bertz CT molecular complexity index is 3100. The summed E-state index contributed by atoms with van der Waals surface area (Å²) in [6.07, 6.45) is 1.90. The zero-order chi connectivity index (χ0) is 38.7. The average Bonchev–Trinajstić information content (AvgIpc) is 3.82. The molecule has 0 aliphatic heterocycles. The van der Waals surface area contributed by atoms with Crippen molar-refractivity contribution >= 4 is 33.0 Å². The minimum atomic E-state index is -0.133. The summed E-state index contributed by atoms with van der Waals surface area (Å²) in [6.45, 7) is 6.73. The van der Waals surface area contributed by atoms with Crippen molar-refractivity contribution in [2.75, 3.05) is 0 Å². The number of imidazole rings is 1. The van der Waals surface area contributed by atoms with E-state index in [1.807, 2.05) is 60.8 Å². The van der Waals surface area contributed by atoms with Crippen molar-refractivity contribution in [1.29, 1.82) is 0 Å². The Labute approximate surface area is 331 Å². The van der Waals surface area contributed by atoms with Gasteiger partial charge in [-0.15, -0.1) is 0 Å². The Morgan fingerprint density at radius 2 is 1.21 bits per heavy atom. The summed E-state index contributed by atoms with van der Waals surface area (Å²) < 4.78 is 8.42. The number of benzene rings is 7. The number of aromatic hydroxyl groups is 1. The average molecular weight is 738 g/mol. The van der Waals surface area contributed by atoms with Crippen LogP contribution >= 0.6 is 0 Å². The van der Waals surface area contributed by atoms with Crippen LogP contribution in [0.2, 0.25) is 0 Å². The molecule has 1 N–H and O–H groups in total. The third-order valence-electron chi connectivity index (χ3n) is 10.9. The summed E-state index contributed by atoms with van der Waals surface area (Å²) in [5.41, 5.74) is 14.4. The van der Waals surface area contributed by atoms with Crippen LogP contribution in [0.3, 0.4) is 0 Å². The van der Waals surface area contributed by atoms with E-state index in [2.05, 4.69) is 135 Å². The lowest BCUT2D eigenvalue weighted by Gasteiger charge is -2.22. The monoisotopic (exact) mass is 737 g/mol. The van der Waals surface area contributed by atoms with E-state index in [4.69, 9.17) is 14.4 Å². The van der Waals surface area contributed by atoms with Crippen LogP contribution in [-0.4, -0.2) is 19.6 Å². The number of furan rings is 1. The van der Waals surface area contributed by atoms with Gasteiger partial charge in [-0.1, -0.05) is 130 Å². The number of para-hydroxylation sites is 3. The Balaban J connectivity index is 1.13. The molecule has 7 aromatic carbocycles. The second-order valence-corrected chi connectivity index (χ2v) is 15.7. The molecule has 0 saturated carbocycles. The summed E-state index contributed by atoms with van der Waals surface area (Å²) in [5.74, 6) is 0.768. The minimum Gasteiger partial charge on any atom is -0.507 e. The molecule has 3 aromatic heterocycles. The predicted octanol–water partition coefficient (Wildman–Crippen LogP) is 13.7. The van der Waals surface area contributed by atoms with E-state index >= 15 is 0 Å². The lowest BCUT2D eigenvalue weighted by Crippen LogP contribution is -2.11. The van der Waals surface area contributed by atoms with E-state index in [1.165, 1.54) is 16.7 Å². The number of hydrogen-bond acceptors (Lipinski definition) is 4. The molecule has 5 nitrogen and oxygen atoms in total. The number of nitrogens with zero attached hydrogens (tertiary/aromatic N) is 3. The van der Waals surface area contributed by atoms with Gasteiger partial charge in [-0.3, -0.25) is 9.55 Å². The summed E-state index contributed by atoms with van der Waals surface area (Å²) >= 11 is 0. The van der Waals surface area contributed by atoms with Gasteiger partial charge < -0.3 is 9.52 Å². The van der Waals surface area contributed by atoms with Crippen LogP contribution in [0.1, 0.15) is 26.3 Å². The summed E-state index contributed by atoms with van der Waals surface area (Å²) in [4.78, 5) is 10.3. The number of fused-ring (bicyclic) bond motifs is 4. The van der Waals surface area contributed by atoms with Crippen molar-refractivity contribution < 1.29 is 9.52 Å². The molecule has 57 heavy (non-hydrogen) atoms. The molecule has 0 spiro atoms. The fourth-order valence-corrected chi connectivity index (χ4v) is 7.91. The topological polar surface area (TPSA) is 64.1 Å². The minimum absolute atomic E-state index is 0.133. The molecule has 3 heterocycles. The van der Waals surface area contributed by atoms with Gasteiger partial charge in [-0.05, 0) is 99.5 Å². The maximum absolute atomic E-state index is 11.7. The lowest BCUT2D eigenvalue weighted by molar-refractivity contribution is 0.477. The van der Waals surface area contributed by atoms with Crippen molar-refractivity contribution in [3.63, 3.8) is 0 Å². The summed E-state index contributed by atoms with van der Waals surface area (Å²) in [7, 11) is 0. The van der Waals surface area contributed by atoms with Crippen LogP contribution in [-0.2, 0) is 5.41 Å². The lowest BCUT2D eigenvalue weighted by atomic mass is 9.83.